The minimum absolute atomic E-state index is 0.0574. The largest absolute Gasteiger partial charge is 0.416 e. The number of alkyl halides is 3. The average molecular weight is 293 g/mol. The molecule has 1 aromatic carbocycles. The zero-order valence-corrected chi connectivity index (χ0v) is 10.8. The third kappa shape index (κ3) is 4.48. The van der Waals surface area contributed by atoms with Crippen molar-refractivity contribution in [1.82, 2.24) is 5.32 Å². The van der Waals surface area contributed by atoms with Crippen LogP contribution < -0.4 is 5.32 Å². The summed E-state index contributed by atoms with van der Waals surface area (Å²) in [7, 11) is 0. The number of nitrogens with one attached hydrogen (secondary N) is 1. The minimum Gasteiger partial charge on any atom is -0.396 e. The van der Waals surface area contributed by atoms with Crippen molar-refractivity contribution < 1.29 is 27.5 Å². The van der Waals surface area contributed by atoms with E-state index in [4.69, 9.17) is 5.11 Å². The van der Waals surface area contributed by atoms with Gasteiger partial charge in [-0.25, -0.2) is 4.39 Å². The van der Waals surface area contributed by atoms with Crippen molar-refractivity contribution in [2.24, 2.45) is 0 Å². The number of benzene rings is 1. The quantitative estimate of drug-likeness (QED) is 0.820. The van der Waals surface area contributed by atoms with Gasteiger partial charge in [-0.3, -0.25) is 4.79 Å². The molecule has 0 saturated heterocycles. The molecule has 3 nitrogen and oxygen atoms in total. The molecular weight excluding hydrogens is 278 g/mol. The molecular formula is C13H15F4NO2. The lowest BCUT2D eigenvalue weighted by atomic mass is 10.1. The third-order valence-electron chi connectivity index (χ3n) is 2.71. The van der Waals surface area contributed by atoms with Crippen LogP contribution in [0, 0.1) is 5.82 Å². The highest BCUT2D eigenvalue weighted by molar-refractivity contribution is 5.94. The first-order chi connectivity index (χ1) is 9.25. The predicted octanol–water partition coefficient (Wildman–Crippen LogP) is 2.74. The highest BCUT2D eigenvalue weighted by Gasteiger charge is 2.32. The van der Waals surface area contributed by atoms with Gasteiger partial charge in [-0.1, -0.05) is 0 Å². The summed E-state index contributed by atoms with van der Waals surface area (Å²) < 4.78 is 51.0. The molecule has 7 heteroatoms. The number of carbonyl (C=O) groups excluding carboxylic acids is 1. The summed E-state index contributed by atoms with van der Waals surface area (Å²) in [6, 6.07) is 1.32. The van der Waals surface area contributed by atoms with Gasteiger partial charge in [0.1, 0.15) is 5.82 Å². The second-order valence-electron chi connectivity index (χ2n) is 4.43. The van der Waals surface area contributed by atoms with Crippen LogP contribution in [0.1, 0.15) is 35.7 Å². The maximum absolute atomic E-state index is 13.4. The number of halogens is 4. The molecule has 1 atom stereocenters. The molecule has 1 unspecified atom stereocenters. The monoisotopic (exact) mass is 293 g/mol. The number of hydrogen-bond acceptors (Lipinski definition) is 2. The van der Waals surface area contributed by atoms with Crippen molar-refractivity contribution in [3.63, 3.8) is 0 Å². The van der Waals surface area contributed by atoms with E-state index in [1.807, 2.05) is 0 Å². The smallest absolute Gasteiger partial charge is 0.396 e. The van der Waals surface area contributed by atoms with Crippen molar-refractivity contribution in [2.45, 2.75) is 32.0 Å². The molecule has 0 radical (unpaired) electrons. The van der Waals surface area contributed by atoms with Crippen LogP contribution in [0.3, 0.4) is 0 Å². The summed E-state index contributed by atoms with van der Waals surface area (Å²) in [5, 5.41) is 11.0. The number of amides is 1. The van der Waals surface area contributed by atoms with Crippen LogP contribution in [-0.2, 0) is 6.18 Å². The highest BCUT2D eigenvalue weighted by atomic mass is 19.4. The van der Waals surface area contributed by atoms with Crippen LogP contribution in [-0.4, -0.2) is 23.7 Å². The summed E-state index contributed by atoms with van der Waals surface area (Å²) in [4.78, 5) is 11.7. The van der Waals surface area contributed by atoms with E-state index in [0.717, 1.165) is 0 Å². The van der Waals surface area contributed by atoms with Gasteiger partial charge in [0.2, 0.25) is 0 Å². The maximum Gasteiger partial charge on any atom is 0.416 e. The van der Waals surface area contributed by atoms with Crippen molar-refractivity contribution in [3.05, 3.63) is 35.1 Å². The van der Waals surface area contributed by atoms with Gasteiger partial charge in [-0.05, 0) is 38.0 Å². The first-order valence-electron chi connectivity index (χ1n) is 6.04. The molecule has 0 aliphatic heterocycles. The molecule has 1 aromatic rings. The molecule has 2 N–H and O–H groups in total. The summed E-state index contributed by atoms with van der Waals surface area (Å²) >= 11 is 0. The Hall–Kier alpha value is -1.63. The average Bonchev–Trinajstić information content (AvgIpc) is 2.35. The second kappa shape index (κ2) is 6.69. The van der Waals surface area contributed by atoms with E-state index in [0.29, 0.717) is 31.0 Å². The van der Waals surface area contributed by atoms with Crippen LogP contribution in [0.2, 0.25) is 0 Å². The van der Waals surface area contributed by atoms with Crippen molar-refractivity contribution in [3.8, 4) is 0 Å². The lowest BCUT2D eigenvalue weighted by molar-refractivity contribution is -0.137. The van der Waals surface area contributed by atoms with E-state index in [9.17, 15) is 22.4 Å². The van der Waals surface area contributed by atoms with E-state index >= 15 is 0 Å². The zero-order chi connectivity index (χ0) is 15.3. The Bertz CT molecular complexity index is 474. The SMILES string of the molecule is CC(CCCO)NC(=O)c1cc(C(F)(F)F)ccc1F. The van der Waals surface area contributed by atoms with Gasteiger partial charge < -0.3 is 10.4 Å². The third-order valence-corrected chi connectivity index (χ3v) is 2.71. The molecule has 0 spiro atoms. The number of rotatable bonds is 5. The van der Waals surface area contributed by atoms with Crippen molar-refractivity contribution in [2.75, 3.05) is 6.61 Å². The van der Waals surface area contributed by atoms with Gasteiger partial charge in [0, 0.05) is 12.6 Å². The minimum atomic E-state index is -4.63. The Balaban J connectivity index is 2.87. The summed E-state index contributed by atoms with van der Waals surface area (Å²) in [5.41, 5.74) is -1.72. The second-order valence-corrected chi connectivity index (χ2v) is 4.43. The van der Waals surface area contributed by atoms with Crippen LogP contribution >= 0.6 is 0 Å². The molecule has 0 aliphatic rings. The lowest BCUT2D eigenvalue weighted by Crippen LogP contribution is -2.33. The van der Waals surface area contributed by atoms with Gasteiger partial charge in [0.25, 0.3) is 5.91 Å². The first-order valence-corrected chi connectivity index (χ1v) is 6.04. The molecule has 20 heavy (non-hydrogen) atoms. The van der Waals surface area contributed by atoms with Crippen LogP contribution in [0.5, 0.6) is 0 Å². The molecule has 0 bridgehead atoms. The van der Waals surface area contributed by atoms with Gasteiger partial charge >= 0.3 is 6.18 Å². The van der Waals surface area contributed by atoms with Crippen LogP contribution in [0.15, 0.2) is 18.2 Å². The molecule has 1 rings (SSSR count). The number of carbonyl (C=O) groups is 1. The Morgan fingerprint density at radius 3 is 2.60 bits per heavy atom. The van der Waals surface area contributed by atoms with E-state index in [1.54, 1.807) is 6.92 Å². The van der Waals surface area contributed by atoms with Crippen LogP contribution in [0.25, 0.3) is 0 Å². The van der Waals surface area contributed by atoms with Crippen molar-refractivity contribution in [1.29, 1.82) is 0 Å². The van der Waals surface area contributed by atoms with E-state index in [2.05, 4.69) is 5.32 Å². The number of aliphatic hydroxyl groups is 1. The topological polar surface area (TPSA) is 49.3 Å². The number of hydrogen-bond donors (Lipinski definition) is 2. The van der Waals surface area contributed by atoms with E-state index in [-0.39, 0.29) is 12.6 Å². The first kappa shape index (κ1) is 16.4. The standard InChI is InChI=1S/C13H15F4NO2/c1-8(3-2-6-19)18-12(20)10-7-9(13(15,16)17)4-5-11(10)14/h4-5,7-8,19H,2-3,6H2,1H3,(H,18,20). The Labute approximate surface area is 113 Å². The fourth-order valence-corrected chi connectivity index (χ4v) is 1.65. The predicted molar refractivity (Wildman–Crippen MR) is 64.7 cm³/mol. The maximum atomic E-state index is 13.4. The van der Waals surface area contributed by atoms with Crippen molar-refractivity contribution >= 4 is 5.91 Å². The molecule has 0 heterocycles. The molecule has 0 aliphatic carbocycles. The van der Waals surface area contributed by atoms with E-state index in [1.165, 1.54) is 0 Å². The Kier molecular flexibility index (Phi) is 5.50. The molecule has 0 saturated carbocycles. The summed E-state index contributed by atoms with van der Waals surface area (Å²) in [6.07, 6.45) is -3.75. The Morgan fingerprint density at radius 1 is 1.40 bits per heavy atom. The highest BCUT2D eigenvalue weighted by Crippen LogP contribution is 2.30. The fraction of sp³-hybridized carbons (Fsp3) is 0.462. The Morgan fingerprint density at radius 2 is 2.05 bits per heavy atom. The summed E-state index contributed by atoms with van der Waals surface area (Å²) in [6.45, 7) is 1.57. The lowest BCUT2D eigenvalue weighted by Gasteiger charge is -2.14. The van der Waals surface area contributed by atoms with Gasteiger partial charge in [0.15, 0.2) is 0 Å². The summed E-state index contributed by atoms with van der Waals surface area (Å²) in [5.74, 6) is -1.91. The van der Waals surface area contributed by atoms with Gasteiger partial charge in [0.05, 0.1) is 11.1 Å². The zero-order valence-electron chi connectivity index (χ0n) is 10.8. The normalized spacial score (nSPS) is 13.1. The number of aliphatic hydroxyl groups excluding tert-OH is 1. The van der Waals surface area contributed by atoms with E-state index < -0.39 is 29.0 Å². The van der Waals surface area contributed by atoms with Crippen LogP contribution in [0.4, 0.5) is 17.6 Å². The molecule has 0 aromatic heterocycles. The fourth-order valence-electron chi connectivity index (χ4n) is 1.65. The van der Waals surface area contributed by atoms with Gasteiger partial charge in [-0.2, -0.15) is 13.2 Å². The molecule has 1 amide bonds. The molecule has 112 valence electrons. The molecule has 0 fully saturated rings. The van der Waals surface area contributed by atoms with Gasteiger partial charge in [-0.15, -0.1) is 0 Å².